The van der Waals surface area contributed by atoms with Crippen LogP contribution < -0.4 is 10.2 Å². The molecule has 2 unspecified atom stereocenters. The number of nitrogens with one attached hydrogen (secondary N) is 1. The third kappa shape index (κ3) is 5.32. The molecular formula is C21H31N5O. The van der Waals surface area contributed by atoms with Gasteiger partial charge in [0, 0.05) is 56.8 Å². The lowest BCUT2D eigenvalue weighted by Crippen LogP contribution is -2.47. The lowest BCUT2D eigenvalue weighted by molar-refractivity contribution is -0.124. The maximum absolute atomic E-state index is 12.4. The van der Waals surface area contributed by atoms with E-state index in [0.29, 0.717) is 0 Å². The molecule has 6 nitrogen and oxygen atoms in total. The normalized spacial score (nSPS) is 17.5. The van der Waals surface area contributed by atoms with Crippen LogP contribution in [0.15, 0.2) is 43.0 Å². The molecule has 0 saturated carbocycles. The molecule has 1 aromatic heterocycles. The topological polar surface area (TPSA) is 53.4 Å². The zero-order chi connectivity index (χ0) is 19.2. The van der Waals surface area contributed by atoms with Gasteiger partial charge in [-0.05, 0) is 44.9 Å². The fourth-order valence-corrected chi connectivity index (χ4v) is 3.50. The number of imidazole rings is 1. The number of hydrogen-bond acceptors (Lipinski definition) is 4. The Labute approximate surface area is 162 Å². The highest BCUT2D eigenvalue weighted by molar-refractivity contribution is 5.80. The molecule has 0 spiro atoms. The summed E-state index contributed by atoms with van der Waals surface area (Å²) in [6.45, 7) is 11.4. The minimum atomic E-state index is -0.229. The first-order valence-electron chi connectivity index (χ1n) is 9.84. The average Bonchev–Trinajstić information content (AvgIpc) is 3.21. The van der Waals surface area contributed by atoms with Gasteiger partial charge in [0.1, 0.15) is 6.04 Å². The minimum Gasteiger partial charge on any atom is -0.369 e. The van der Waals surface area contributed by atoms with Gasteiger partial charge in [-0.1, -0.05) is 12.1 Å². The van der Waals surface area contributed by atoms with Gasteiger partial charge >= 0.3 is 0 Å². The quantitative estimate of drug-likeness (QED) is 0.815. The Balaban J connectivity index is 1.39. The van der Waals surface area contributed by atoms with E-state index in [0.717, 1.165) is 39.1 Å². The highest BCUT2D eigenvalue weighted by Gasteiger charge is 2.19. The maximum atomic E-state index is 12.4. The Kier molecular flexibility index (Phi) is 6.50. The van der Waals surface area contributed by atoms with Crippen LogP contribution in [0.3, 0.4) is 0 Å². The van der Waals surface area contributed by atoms with Gasteiger partial charge in [0.25, 0.3) is 0 Å². The average molecular weight is 370 g/mol. The Hall–Kier alpha value is -2.34. The van der Waals surface area contributed by atoms with E-state index < -0.39 is 0 Å². The van der Waals surface area contributed by atoms with E-state index in [4.69, 9.17) is 0 Å². The minimum absolute atomic E-state index is 0.0461. The smallest absolute Gasteiger partial charge is 0.243 e. The summed E-state index contributed by atoms with van der Waals surface area (Å²) < 4.78 is 1.83. The monoisotopic (exact) mass is 369 g/mol. The molecule has 0 bridgehead atoms. The predicted octanol–water partition coefficient (Wildman–Crippen LogP) is 2.47. The molecular weight excluding hydrogens is 338 g/mol. The first-order valence-corrected chi connectivity index (χ1v) is 9.84. The maximum Gasteiger partial charge on any atom is 0.243 e. The molecule has 3 rings (SSSR count). The number of carbonyl (C=O) groups is 1. The molecule has 1 aromatic carbocycles. The van der Waals surface area contributed by atoms with E-state index >= 15 is 0 Å². The number of rotatable bonds is 7. The van der Waals surface area contributed by atoms with E-state index in [1.165, 1.54) is 11.3 Å². The van der Waals surface area contributed by atoms with Gasteiger partial charge < -0.3 is 14.8 Å². The Morgan fingerprint density at radius 2 is 2.00 bits per heavy atom. The summed E-state index contributed by atoms with van der Waals surface area (Å²) in [6, 6.07) is 8.66. The number of aromatic nitrogens is 2. The zero-order valence-electron chi connectivity index (χ0n) is 16.6. The molecule has 1 fully saturated rings. The van der Waals surface area contributed by atoms with E-state index in [9.17, 15) is 4.79 Å². The van der Waals surface area contributed by atoms with Crippen LogP contribution in [0.4, 0.5) is 5.69 Å². The van der Waals surface area contributed by atoms with Crippen molar-refractivity contribution in [1.82, 2.24) is 19.8 Å². The van der Waals surface area contributed by atoms with Crippen molar-refractivity contribution in [2.24, 2.45) is 0 Å². The van der Waals surface area contributed by atoms with E-state index in [-0.39, 0.29) is 18.0 Å². The molecule has 2 aromatic rings. The van der Waals surface area contributed by atoms with Crippen LogP contribution >= 0.6 is 0 Å². The molecule has 1 aliphatic rings. The van der Waals surface area contributed by atoms with E-state index in [1.807, 2.05) is 17.7 Å². The molecule has 2 heterocycles. The third-order valence-corrected chi connectivity index (χ3v) is 5.36. The fourth-order valence-electron chi connectivity index (χ4n) is 3.50. The van der Waals surface area contributed by atoms with Crippen molar-refractivity contribution in [3.63, 3.8) is 0 Å². The molecule has 1 amide bonds. The summed E-state index contributed by atoms with van der Waals surface area (Å²) in [5.41, 5.74) is 2.63. The lowest BCUT2D eigenvalue weighted by atomic mass is 10.1. The van der Waals surface area contributed by atoms with Crippen LogP contribution in [-0.2, 0) is 4.79 Å². The van der Waals surface area contributed by atoms with E-state index in [2.05, 4.69) is 58.2 Å². The van der Waals surface area contributed by atoms with Gasteiger partial charge in [-0.3, -0.25) is 9.69 Å². The highest BCUT2D eigenvalue weighted by Crippen LogP contribution is 2.18. The molecule has 27 heavy (non-hydrogen) atoms. The van der Waals surface area contributed by atoms with Crippen LogP contribution in [0, 0.1) is 6.92 Å². The van der Waals surface area contributed by atoms with Gasteiger partial charge in [-0.2, -0.15) is 0 Å². The van der Waals surface area contributed by atoms with Gasteiger partial charge in [-0.15, -0.1) is 0 Å². The summed E-state index contributed by atoms with van der Waals surface area (Å²) in [6.07, 6.45) is 6.17. The number of carbonyl (C=O) groups excluding carboxylic acids is 1. The second kappa shape index (κ2) is 9.04. The second-order valence-electron chi connectivity index (χ2n) is 7.55. The summed E-state index contributed by atoms with van der Waals surface area (Å²) in [5.74, 6) is 0.0461. The number of benzene rings is 1. The van der Waals surface area contributed by atoms with Crippen LogP contribution in [0.1, 0.15) is 31.9 Å². The Morgan fingerprint density at radius 1 is 1.22 bits per heavy atom. The molecule has 0 aliphatic carbocycles. The van der Waals surface area contributed by atoms with Gasteiger partial charge in [-0.25, -0.2) is 4.98 Å². The van der Waals surface area contributed by atoms with Crippen LogP contribution in [0.5, 0.6) is 0 Å². The molecule has 146 valence electrons. The predicted molar refractivity (Wildman–Crippen MR) is 109 cm³/mol. The van der Waals surface area contributed by atoms with Crippen molar-refractivity contribution < 1.29 is 4.79 Å². The van der Waals surface area contributed by atoms with Crippen molar-refractivity contribution in [2.45, 2.75) is 39.3 Å². The standard InChI is InChI=1S/C21H31N5O/c1-17-5-4-6-20(15-17)25-13-11-24(12-14-25)9-7-18(2)23-21(27)19(3)26-10-8-22-16-26/h4-6,8,10,15-16,18-19H,7,9,11-14H2,1-3H3,(H,23,27). The number of anilines is 1. The van der Waals surface area contributed by atoms with Crippen molar-refractivity contribution >= 4 is 11.6 Å². The van der Waals surface area contributed by atoms with Crippen molar-refractivity contribution in [2.75, 3.05) is 37.6 Å². The van der Waals surface area contributed by atoms with Crippen LogP contribution in [0.25, 0.3) is 0 Å². The molecule has 1 N–H and O–H groups in total. The molecule has 1 saturated heterocycles. The third-order valence-electron chi connectivity index (χ3n) is 5.36. The number of amides is 1. The van der Waals surface area contributed by atoms with Crippen LogP contribution in [0.2, 0.25) is 0 Å². The number of aryl methyl sites for hydroxylation is 1. The number of piperazine rings is 1. The SMILES string of the molecule is Cc1cccc(N2CCN(CCC(C)NC(=O)C(C)n3ccnc3)CC2)c1. The number of hydrogen-bond donors (Lipinski definition) is 1. The number of nitrogens with zero attached hydrogens (tertiary/aromatic N) is 4. The molecule has 0 radical (unpaired) electrons. The summed E-state index contributed by atoms with van der Waals surface area (Å²) in [4.78, 5) is 21.3. The van der Waals surface area contributed by atoms with E-state index in [1.54, 1.807) is 12.5 Å². The summed E-state index contributed by atoms with van der Waals surface area (Å²) in [7, 11) is 0. The van der Waals surface area contributed by atoms with Gasteiger partial charge in [0.15, 0.2) is 0 Å². The van der Waals surface area contributed by atoms with Crippen molar-refractivity contribution in [3.05, 3.63) is 48.5 Å². The largest absolute Gasteiger partial charge is 0.369 e. The lowest BCUT2D eigenvalue weighted by Gasteiger charge is -2.36. The summed E-state index contributed by atoms with van der Waals surface area (Å²) in [5, 5.41) is 3.12. The first kappa shape index (κ1) is 19.4. The molecule has 6 heteroatoms. The van der Waals surface area contributed by atoms with Crippen molar-refractivity contribution in [1.29, 1.82) is 0 Å². The summed E-state index contributed by atoms with van der Waals surface area (Å²) >= 11 is 0. The Morgan fingerprint density at radius 3 is 2.67 bits per heavy atom. The zero-order valence-corrected chi connectivity index (χ0v) is 16.6. The molecule has 1 aliphatic heterocycles. The van der Waals surface area contributed by atoms with Crippen LogP contribution in [-0.4, -0.2) is 59.1 Å². The molecule has 2 atom stereocenters. The fraction of sp³-hybridized carbons (Fsp3) is 0.524. The first-order chi connectivity index (χ1) is 13.0. The van der Waals surface area contributed by atoms with Crippen molar-refractivity contribution in [3.8, 4) is 0 Å². The Bertz CT molecular complexity index is 722. The van der Waals surface area contributed by atoms with Gasteiger partial charge in [0.2, 0.25) is 5.91 Å². The van der Waals surface area contributed by atoms with Gasteiger partial charge in [0.05, 0.1) is 6.33 Å². The second-order valence-corrected chi connectivity index (χ2v) is 7.55. The highest BCUT2D eigenvalue weighted by atomic mass is 16.2.